The number of halogens is 3. The molecule has 1 fully saturated rings. The third-order valence-electron chi connectivity index (χ3n) is 5.29. The van der Waals surface area contributed by atoms with Crippen molar-refractivity contribution in [1.29, 1.82) is 0 Å². The Morgan fingerprint density at radius 1 is 1.30 bits per heavy atom. The number of alkyl halides is 3. The first-order valence-electron chi connectivity index (χ1n) is 9.77. The lowest BCUT2D eigenvalue weighted by Gasteiger charge is -2.15. The molecule has 0 spiro atoms. The summed E-state index contributed by atoms with van der Waals surface area (Å²) in [4.78, 5) is 12.7. The predicted molar refractivity (Wildman–Crippen MR) is 105 cm³/mol. The second-order valence-electron chi connectivity index (χ2n) is 7.69. The van der Waals surface area contributed by atoms with Gasteiger partial charge in [-0.25, -0.2) is 0 Å². The van der Waals surface area contributed by atoms with Crippen LogP contribution in [0.5, 0.6) is 0 Å². The van der Waals surface area contributed by atoms with Crippen LogP contribution < -0.4 is 5.32 Å². The maximum absolute atomic E-state index is 13.1. The minimum absolute atomic E-state index is 0.0284. The van der Waals surface area contributed by atoms with E-state index in [2.05, 4.69) is 15.5 Å². The highest BCUT2D eigenvalue weighted by molar-refractivity contribution is 5.93. The molecular formula is C21H22F3N5O. The lowest BCUT2D eigenvalue weighted by Crippen LogP contribution is -2.26. The number of aryl methyl sites for hydroxylation is 1. The third kappa shape index (κ3) is 4.24. The quantitative estimate of drug-likeness (QED) is 0.641. The van der Waals surface area contributed by atoms with Gasteiger partial charge in [0.05, 0.1) is 18.4 Å². The molecule has 2 aromatic heterocycles. The van der Waals surface area contributed by atoms with E-state index in [-0.39, 0.29) is 5.92 Å². The van der Waals surface area contributed by atoms with E-state index in [1.54, 1.807) is 17.8 Å². The van der Waals surface area contributed by atoms with Crippen LogP contribution in [0.25, 0.3) is 0 Å². The van der Waals surface area contributed by atoms with Gasteiger partial charge in [-0.15, -0.1) is 0 Å². The monoisotopic (exact) mass is 417 g/mol. The Bertz CT molecular complexity index is 1060. The van der Waals surface area contributed by atoms with E-state index in [1.807, 2.05) is 31.2 Å². The first kappa shape index (κ1) is 20.2. The fourth-order valence-electron chi connectivity index (χ4n) is 3.38. The normalized spacial score (nSPS) is 15.2. The second kappa shape index (κ2) is 7.62. The van der Waals surface area contributed by atoms with Crippen LogP contribution in [0.2, 0.25) is 0 Å². The molecular weight excluding hydrogens is 395 g/mol. The van der Waals surface area contributed by atoms with Gasteiger partial charge in [-0.3, -0.25) is 14.2 Å². The third-order valence-corrected chi connectivity index (χ3v) is 5.29. The number of benzene rings is 1. The summed E-state index contributed by atoms with van der Waals surface area (Å²) in [6.07, 6.45) is 0.297. The topological polar surface area (TPSA) is 64.7 Å². The summed E-state index contributed by atoms with van der Waals surface area (Å²) >= 11 is 0. The molecule has 1 amide bonds. The van der Waals surface area contributed by atoms with Crippen molar-refractivity contribution in [3.63, 3.8) is 0 Å². The Labute approximate surface area is 171 Å². The maximum atomic E-state index is 13.1. The zero-order chi connectivity index (χ0) is 21.5. The average Bonchev–Trinajstić information content (AvgIpc) is 3.27. The molecule has 30 heavy (non-hydrogen) atoms. The van der Waals surface area contributed by atoms with E-state index < -0.39 is 23.8 Å². The zero-order valence-corrected chi connectivity index (χ0v) is 16.6. The Balaban J connectivity index is 1.48. The van der Waals surface area contributed by atoms with E-state index in [1.165, 1.54) is 10.9 Å². The van der Waals surface area contributed by atoms with Gasteiger partial charge in [0, 0.05) is 17.8 Å². The van der Waals surface area contributed by atoms with Crippen LogP contribution in [0.3, 0.4) is 0 Å². The molecule has 1 atom stereocenters. The highest BCUT2D eigenvalue weighted by atomic mass is 19.4. The molecule has 6 nitrogen and oxygen atoms in total. The molecule has 4 rings (SSSR count). The van der Waals surface area contributed by atoms with E-state index in [0.29, 0.717) is 17.9 Å². The van der Waals surface area contributed by atoms with E-state index >= 15 is 0 Å². The number of amides is 1. The van der Waals surface area contributed by atoms with Crippen molar-refractivity contribution in [3.8, 4) is 0 Å². The molecule has 2 heterocycles. The van der Waals surface area contributed by atoms with E-state index in [9.17, 15) is 18.0 Å². The summed E-state index contributed by atoms with van der Waals surface area (Å²) in [7, 11) is 0. The molecule has 1 unspecified atom stereocenters. The number of rotatable bonds is 6. The smallest absolute Gasteiger partial charge is 0.322 e. The fraction of sp³-hybridized carbons (Fsp3) is 0.381. The van der Waals surface area contributed by atoms with Crippen molar-refractivity contribution in [2.45, 2.75) is 51.4 Å². The van der Waals surface area contributed by atoms with Gasteiger partial charge >= 0.3 is 6.18 Å². The van der Waals surface area contributed by atoms with Gasteiger partial charge in [0.2, 0.25) is 5.91 Å². The van der Waals surface area contributed by atoms with Crippen LogP contribution in [0.4, 0.5) is 18.9 Å². The average molecular weight is 417 g/mol. The van der Waals surface area contributed by atoms with Crippen LogP contribution in [0.15, 0.2) is 42.7 Å². The number of nitrogens with one attached hydrogen (secondary N) is 1. The molecule has 0 bridgehead atoms. The molecule has 1 aromatic carbocycles. The van der Waals surface area contributed by atoms with Crippen LogP contribution >= 0.6 is 0 Å². The first-order valence-corrected chi connectivity index (χ1v) is 9.77. The summed E-state index contributed by atoms with van der Waals surface area (Å²) in [5.74, 6) is -0.412. The van der Waals surface area contributed by atoms with Crippen molar-refractivity contribution in [2.24, 2.45) is 0 Å². The Kier molecular flexibility index (Phi) is 5.13. The summed E-state index contributed by atoms with van der Waals surface area (Å²) in [6, 6.07) is 8.11. The van der Waals surface area contributed by atoms with Crippen molar-refractivity contribution >= 4 is 11.6 Å². The maximum Gasteiger partial charge on any atom is 0.435 e. The van der Waals surface area contributed by atoms with E-state index in [4.69, 9.17) is 0 Å². The lowest BCUT2D eigenvalue weighted by molar-refractivity contribution is -0.141. The number of aromatic nitrogens is 4. The van der Waals surface area contributed by atoms with E-state index in [0.717, 1.165) is 30.0 Å². The molecule has 1 saturated carbocycles. The van der Waals surface area contributed by atoms with Crippen molar-refractivity contribution in [3.05, 3.63) is 65.2 Å². The SMILES string of the molecule is Cc1ccccc1Cn1cc(NC(=O)C(C)n2nc(C(F)(F)F)cc2C2CC2)cn1. The summed E-state index contributed by atoms with van der Waals surface area (Å²) < 4.78 is 42.2. The molecule has 158 valence electrons. The number of carbonyl (C=O) groups excluding carboxylic acids is 1. The molecule has 1 aliphatic rings. The molecule has 0 radical (unpaired) electrons. The fourth-order valence-corrected chi connectivity index (χ4v) is 3.38. The second-order valence-corrected chi connectivity index (χ2v) is 7.69. The first-order chi connectivity index (χ1) is 14.2. The lowest BCUT2D eigenvalue weighted by atomic mass is 10.1. The minimum Gasteiger partial charge on any atom is -0.322 e. The molecule has 1 aliphatic carbocycles. The van der Waals surface area contributed by atoms with Gasteiger partial charge in [-0.1, -0.05) is 24.3 Å². The number of hydrogen-bond donors (Lipinski definition) is 1. The van der Waals surface area contributed by atoms with Crippen molar-refractivity contribution in [1.82, 2.24) is 19.6 Å². The van der Waals surface area contributed by atoms with Gasteiger partial charge in [0.1, 0.15) is 6.04 Å². The molecule has 1 N–H and O–H groups in total. The summed E-state index contributed by atoms with van der Waals surface area (Å²) in [6.45, 7) is 4.12. The summed E-state index contributed by atoms with van der Waals surface area (Å²) in [5.41, 5.74) is 2.23. The molecule has 0 aliphatic heterocycles. The van der Waals surface area contributed by atoms with Crippen LogP contribution in [-0.4, -0.2) is 25.5 Å². The van der Waals surface area contributed by atoms with Crippen molar-refractivity contribution in [2.75, 3.05) is 5.32 Å². The van der Waals surface area contributed by atoms with Crippen molar-refractivity contribution < 1.29 is 18.0 Å². The Morgan fingerprint density at radius 2 is 2.03 bits per heavy atom. The van der Waals surface area contributed by atoms with Gasteiger partial charge in [0.25, 0.3) is 0 Å². The number of anilines is 1. The molecule has 3 aromatic rings. The van der Waals surface area contributed by atoms with Gasteiger partial charge < -0.3 is 5.32 Å². The number of nitrogens with zero attached hydrogens (tertiary/aromatic N) is 4. The molecule has 0 saturated heterocycles. The predicted octanol–water partition coefficient (Wildman–Crippen LogP) is 4.53. The highest BCUT2D eigenvalue weighted by Gasteiger charge is 2.39. The summed E-state index contributed by atoms with van der Waals surface area (Å²) in [5, 5.41) is 10.7. The molecule has 9 heteroatoms. The van der Waals surface area contributed by atoms with Crippen LogP contribution in [-0.2, 0) is 17.5 Å². The number of hydrogen-bond acceptors (Lipinski definition) is 3. The Hall–Kier alpha value is -3.10. The standard InChI is InChI=1S/C21H22F3N5O/c1-13-5-3-4-6-16(13)11-28-12-17(10-25-28)26-20(30)14(2)29-18(15-7-8-15)9-19(27-29)21(22,23)24/h3-6,9-10,12,14-15H,7-8,11H2,1-2H3,(H,26,30). The minimum atomic E-state index is -4.54. The zero-order valence-electron chi connectivity index (χ0n) is 16.6. The van der Waals surface area contributed by atoms with Crippen LogP contribution in [0, 0.1) is 6.92 Å². The van der Waals surface area contributed by atoms with Gasteiger partial charge in [-0.05, 0) is 43.9 Å². The van der Waals surface area contributed by atoms with Gasteiger partial charge in [-0.2, -0.15) is 23.4 Å². The van der Waals surface area contributed by atoms with Crippen LogP contribution in [0.1, 0.15) is 54.2 Å². The van der Waals surface area contributed by atoms with Gasteiger partial charge in [0.15, 0.2) is 5.69 Å². The number of carbonyl (C=O) groups is 1. The highest BCUT2D eigenvalue weighted by Crippen LogP contribution is 2.43. The Morgan fingerprint density at radius 3 is 2.70 bits per heavy atom. The largest absolute Gasteiger partial charge is 0.435 e.